The quantitative estimate of drug-likeness (QED) is 0.681. The molecule has 1 atom stereocenters. The molecule has 1 aliphatic carbocycles. The Hall–Kier alpha value is -0.210. The molecule has 0 N–H and O–H groups in total. The van der Waals surface area contributed by atoms with Gasteiger partial charge >= 0.3 is 0 Å². The van der Waals surface area contributed by atoms with Crippen molar-refractivity contribution in [3.05, 3.63) is 28.8 Å². The Morgan fingerprint density at radius 3 is 2.59 bits per heavy atom. The van der Waals surface area contributed by atoms with Crippen LogP contribution in [0.25, 0.3) is 0 Å². The normalized spacial score (nSPS) is 19.0. The van der Waals surface area contributed by atoms with Crippen LogP contribution in [0.5, 0.6) is 5.75 Å². The van der Waals surface area contributed by atoms with E-state index in [2.05, 4.69) is 22.0 Å². The lowest BCUT2D eigenvalue weighted by Crippen LogP contribution is -2.12. The fourth-order valence-electron chi connectivity index (χ4n) is 2.54. The third-order valence-electron chi connectivity index (χ3n) is 3.57. The lowest BCUT2D eigenvalue weighted by atomic mass is 9.85. The van der Waals surface area contributed by atoms with Gasteiger partial charge in [-0.25, -0.2) is 0 Å². The summed E-state index contributed by atoms with van der Waals surface area (Å²) < 4.78 is 5.18. The van der Waals surface area contributed by atoms with E-state index in [1.165, 1.54) is 37.7 Å². The van der Waals surface area contributed by atoms with E-state index in [1.54, 1.807) is 7.11 Å². The van der Waals surface area contributed by atoms with Gasteiger partial charge in [-0.1, -0.05) is 52.9 Å². The number of methoxy groups -OCH3 is 1. The molecule has 0 spiro atoms. The zero-order valence-corrected chi connectivity index (χ0v) is 12.4. The molecule has 0 radical (unpaired) electrons. The maximum Gasteiger partial charge on any atom is 0.120 e. The third-order valence-corrected chi connectivity index (χ3v) is 5.14. The highest BCUT2D eigenvalue weighted by molar-refractivity contribution is 9.09. The maximum absolute atomic E-state index is 6.31. The summed E-state index contributed by atoms with van der Waals surface area (Å²) in [5.41, 5.74) is 1.19. The summed E-state index contributed by atoms with van der Waals surface area (Å²) in [4.78, 5) is 0.376. The fraction of sp³-hybridized carbons (Fsp3) is 0.571. The Balaban J connectivity index is 2.15. The minimum Gasteiger partial charge on any atom is -0.497 e. The lowest BCUT2D eigenvalue weighted by molar-refractivity contribution is 0.354. The summed E-state index contributed by atoms with van der Waals surface area (Å²) in [6.07, 6.45) is 6.68. The first-order chi connectivity index (χ1) is 8.22. The van der Waals surface area contributed by atoms with Crippen LogP contribution >= 0.6 is 27.5 Å². The van der Waals surface area contributed by atoms with Crippen molar-refractivity contribution in [2.24, 2.45) is 5.92 Å². The van der Waals surface area contributed by atoms with Gasteiger partial charge in [0.2, 0.25) is 0 Å². The molecule has 0 heterocycles. The highest BCUT2D eigenvalue weighted by Crippen LogP contribution is 2.42. The first-order valence-corrected chi connectivity index (χ1v) is 7.49. The minimum atomic E-state index is 0.376. The molecule has 17 heavy (non-hydrogen) atoms. The number of ether oxygens (including phenoxy) is 1. The molecular weight excluding hydrogens is 300 g/mol. The monoisotopic (exact) mass is 316 g/mol. The standard InChI is InChI=1S/C14H18BrClO/c1-17-11-7-8-12(13(16)9-11)14(15)10-5-3-2-4-6-10/h7-10,14H,2-6H2,1H3. The average molecular weight is 318 g/mol. The van der Waals surface area contributed by atoms with E-state index < -0.39 is 0 Å². The van der Waals surface area contributed by atoms with Crippen LogP contribution in [0.3, 0.4) is 0 Å². The molecular formula is C14H18BrClO. The molecule has 1 aliphatic rings. The number of benzene rings is 1. The molecule has 1 aromatic carbocycles. The Morgan fingerprint density at radius 2 is 2.00 bits per heavy atom. The molecule has 0 aromatic heterocycles. The van der Waals surface area contributed by atoms with Crippen LogP contribution in [0, 0.1) is 5.92 Å². The van der Waals surface area contributed by atoms with E-state index in [0.29, 0.717) is 4.83 Å². The van der Waals surface area contributed by atoms with E-state index >= 15 is 0 Å². The fourth-order valence-corrected chi connectivity index (χ4v) is 3.89. The molecule has 0 saturated heterocycles. The van der Waals surface area contributed by atoms with E-state index in [4.69, 9.17) is 16.3 Å². The molecule has 0 aliphatic heterocycles. The van der Waals surface area contributed by atoms with Crippen LogP contribution in [0.4, 0.5) is 0 Å². The van der Waals surface area contributed by atoms with Crippen LogP contribution in [0.15, 0.2) is 18.2 Å². The second-order valence-electron chi connectivity index (χ2n) is 4.69. The zero-order chi connectivity index (χ0) is 12.3. The van der Waals surface area contributed by atoms with E-state index in [1.807, 2.05) is 12.1 Å². The second kappa shape index (κ2) is 6.10. The predicted molar refractivity (Wildman–Crippen MR) is 76.2 cm³/mol. The van der Waals surface area contributed by atoms with Gasteiger partial charge in [0.1, 0.15) is 5.75 Å². The molecule has 1 unspecified atom stereocenters. The summed E-state index contributed by atoms with van der Waals surface area (Å²) in [7, 11) is 1.66. The number of hydrogen-bond acceptors (Lipinski definition) is 1. The largest absolute Gasteiger partial charge is 0.497 e. The Labute approximate surface area is 117 Å². The average Bonchev–Trinajstić information content (AvgIpc) is 2.39. The van der Waals surface area contributed by atoms with Crippen LogP contribution in [-0.2, 0) is 0 Å². The number of halogens is 2. The molecule has 94 valence electrons. The topological polar surface area (TPSA) is 9.23 Å². The lowest BCUT2D eigenvalue weighted by Gasteiger charge is -2.27. The van der Waals surface area contributed by atoms with Gasteiger partial charge in [0.15, 0.2) is 0 Å². The molecule has 1 saturated carbocycles. The van der Waals surface area contributed by atoms with Crippen molar-refractivity contribution >= 4 is 27.5 Å². The molecule has 1 aromatic rings. The van der Waals surface area contributed by atoms with Crippen LogP contribution in [-0.4, -0.2) is 7.11 Å². The van der Waals surface area contributed by atoms with Gasteiger partial charge in [-0.2, -0.15) is 0 Å². The second-order valence-corrected chi connectivity index (χ2v) is 6.08. The minimum absolute atomic E-state index is 0.376. The summed E-state index contributed by atoms with van der Waals surface area (Å²) in [6, 6.07) is 5.96. The highest BCUT2D eigenvalue weighted by Gasteiger charge is 2.24. The highest BCUT2D eigenvalue weighted by atomic mass is 79.9. The van der Waals surface area contributed by atoms with Crippen molar-refractivity contribution in [1.82, 2.24) is 0 Å². The van der Waals surface area contributed by atoms with Gasteiger partial charge in [0, 0.05) is 9.85 Å². The van der Waals surface area contributed by atoms with Crippen molar-refractivity contribution < 1.29 is 4.74 Å². The first-order valence-electron chi connectivity index (χ1n) is 6.20. The summed E-state index contributed by atoms with van der Waals surface area (Å²) in [5, 5.41) is 0.803. The summed E-state index contributed by atoms with van der Waals surface area (Å²) in [6.45, 7) is 0. The van der Waals surface area contributed by atoms with E-state index in [9.17, 15) is 0 Å². The first kappa shape index (κ1) is 13.2. The Kier molecular flexibility index (Phi) is 4.75. The van der Waals surface area contributed by atoms with Crippen molar-refractivity contribution in [3.63, 3.8) is 0 Å². The van der Waals surface area contributed by atoms with Gasteiger partial charge in [-0.3, -0.25) is 0 Å². The van der Waals surface area contributed by atoms with Crippen LogP contribution in [0.1, 0.15) is 42.5 Å². The van der Waals surface area contributed by atoms with Crippen molar-refractivity contribution in [2.75, 3.05) is 7.11 Å². The molecule has 0 amide bonds. The third kappa shape index (κ3) is 3.17. The number of hydrogen-bond donors (Lipinski definition) is 0. The van der Waals surface area contributed by atoms with Crippen LogP contribution in [0.2, 0.25) is 5.02 Å². The predicted octanol–water partition coefficient (Wildman–Crippen LogP) is 5.36. The summed E-state index contributed by atoms with van der Waals surface area (Å²) in [5.74, 6) is 1.54. The maximum atomic E-state index is 6.31. The summed E-state index contributed by atoms with van der Waals surface area (Å²) >= 11 is 10.1. The van der Waals surface area contributed by atoms with Crippen molar-refractivity contribution in [2.45, 2.75) is 36.9 Å². The van der Waals surface area contributed by atoms with Gasteiger partial charge in [0.25, 0.3) is 0 Å². The molecule has 2 rings (SSSR count). The van der Waals surface area contributed by atoms with Gasteiger partial charge in [0.05, 0.1) is 7.11 Å². The van der Waals surface area contributed by atoms with Gasteiger partial charge in [-0.15, -0.1) is 0 Å². The molecule has 1 fully saturated rings. The smallest absolute Gasteiger partial charge is 0.120 e. The van der Waals surface area contributed by atoms with E-state index in [0.717, 1.165) is 16.7 Å². The molecule has 0 bridgehead atoms. The number of alkyl halides is 1. The van der Waals surface area contributed by atoms with Crippen molar-refractivity contribution in [1.29, 1.82) is 0 Å². The molecule has 1 nitrogen and oxygen atoms in total. The molecule has 3 heteroatoms. The van der Waals surface area contributed by atoms with Gasteiger partial charge in [-0.05, 0) is 36.5 Å². The van der Waals surface area contributed by atoms with Gasteiger partial charge < -0.3 is 4.74 Å². The zero-order valence-electron chi connectivity index (χ0n) is 10.1. The Morgan fingerprint density at radius 1 is 1.29 bits per heavy atom. The SMILES string of the molecule is COc1ccc(C(Br)C2CCCCC2)c(Cl)c1. The van der Waals surface area contributed by atoms with Crippen LogP contribution < -0.4 is 4.74 Å². The number of rotatable bonds is 3. The van der Waals surface area contributed by atoms with Crippen molar-refractivity contribution in [3.8, 4) is 5.75 Å². The van der Waals surface area contributed by atoms with E-state index in [-0.39, 0.29) is 0 Å². The Bertz CT molecular complexity index is 374.